The first kappa shape index (κ1) is 20.2. The fourth-order valence-corrected chi connectivity index (χ4v) is 4.03. The van der Waals surface area contributed by atoms with Gasteiger partial charge in [0.05, 0.1) is 17.2 Å². The minimum absolute atomic E-state index is 0.185. The normalized spacial score (nSPS) is 11.3. The van der Waals surface area contributed by atoms with Gasteiger partial charge in [0, 0.05) is 18.0 Å². The van der Waals surface area contributed by atoms with Crippen LogP contribution < -0.4 is 10.3 Å². The fraction of sp³-hybridized carbons (Fsp3) is 0.217. The van der Waals surface area contributed by atoms with Crippen LogP contribution in [0.25, 0.3) is 27.5 Å². The van der Waals surface area contributed by atoms with E-state index in [4.69, 9.17) is 9.26 Å². The number of ether oxygens (including phenoxy) is 1. The molecule has 162 valence electrons. The number of thiophene rings is 1. The highest BCUT2D eigenvalue weighted by Crippen LogP contribution is 2.29. The third-order valence-corrected chi connectivity index (χ3v) is 5.90. The highest BCUT2D eigenvalue weighted by Gasteiger charge is 2.15. The van der Waals surface area contributed by atoms with Crippen molar-refractivity contribution in [1.82, 2.24) is 24.3 Å². The van der Waals surface area contributed by atoms with Gasteiger partial charge in [-0.1, -0.05) is 36.7 Å². The van der Waals surface area contributed by atoms with Gasteiger partial charge in [-0.3, -0.25) is 4.79 Å². The Kier molecular flexibility index (Phi) is 5.55. The van der Waals surface area contributed by atoms with Crippen LogP contribution in [0.5, 0.6) is 5.75 Å². The number of hydrogen-bond donors (Lipinski definition) is 0. The summed E-state index contributed by atoms with van der Waals surface area (Å²) in [5, 5.41) is 10.6. The van der Waals surface area contributed by atoms with Crippen molar-refractivity contribution >= 4 is 16.9 Å². The molecule has 0 amide bonds. The molecule has 0 spiro atoms. The molecule has 0 atom stereocenters. The zero-order valence-corrected chi connectivity index (χ0v) is 18.3. The number of fused-ring (bicyclic) bond motifs is 1. The summed E-state index contributed by atoms with van der Waals surface area (Å²) in [5.74, 6) is 1.65. The van der Waals surface area contributed by atoms with Gasteiger partial charge in [-0.2, -0.15) is 10.1 Å². The third-order valence-electron chi connectivity index (χ3n) is 5.04. The van der Waals surface area contributed by atoms with Crippen molar-refractivity contribution in [2.24, 2.45) is 0 Å². The van der Waals surface area contributed by atoms with Gasteiger partial charge >= 0.3 is 0 Å². The molecule has 0 saturated heterocycles. The number of hydrogen-bond acceptors (Lipinski definition) is 7. The molecule has 0 fully saturated rings. The minimum Gasteiger partial charge on any atom is -0.493 e. The van der Waals surface area contributed by atoms with E-state index in [0.29, 0.717) is 29.5 Å². The number of unbranched alkanes of at least 4 members (excludes halogenated alkanes) is 1. The zero-order chi connectivity index (χ0) is 21.9. The molecule has 0 radical (unpaired) electrons. The standard InChI is InChI=1S/C23H21N5O3S/c1-2-3-12-30-19-8-5-4-7-16(19)17-14-18-23(29)27(10-11-28(18)25-17)15-21-24-22(26-31-21)20-9-6-13-32-20/h4-11,13-14H,2-3,12,15H2,1H3. The second-order valence-electron chi connectivity index (χ2n) is 7.28. The number of aromatic nitrogens is 5. The molecule has 8 nitrogen and oxygen atoms in total. The van der Waals surface area contributed by atoms with E-state index in [2.05, 4.69) is 22.2 Å². The lowest BCUT2D eigenvalue weighted by molar-refractivity contribution is 0.310. The van der Waals surface area contributed by atoms with Crippen LogP contribution in [0.4, 0.5) is 0 Å². The Bertz CT molecular complexity index is 1400. The van der Waals surface area contributed by atoms with Gasteiger partial charge in [-0.15, -0.1) is 11.3 Å². The zero-order valence-electron chi connectivity index (χ0n) is 17.5. The molecule has 0 bridgehead atoms. The van der Waals surface area contributed by atoms with E-state index in [9.17, 15) is 4.79 Å². The van der Waals surface area contributed by atoms with Gasteiger partial charge in [-0.05, 0) is 36.1 Å². The van der Waals surface area contributed by atoms with Crippen molar-refractivity contribution < 1.29 is 9.26 Å². The van der Waals surface area contributed by atoms with Gasteiger partial charge in [0.15, 0.2) is 0 Å². The molecule has 1 aromatic carbocycles. The number of rotatable bonds is 8. The number of nitrogens with zero attached hydrogens (tertiary/aromatic N) is 5. The predicted molar refractivity (Wildman–Crippen MR) is 122 cm³/mol. The topological polar surface area (TPSA) is 87.5 Å². The SMILES string of the molecule is CCCCOc1ccccc1-c1cc2c(=O)n(Cc3nc(-c4cccs4)no3)ccn2n1. The largest absolute Gasteiger partial charge is 0.493 e. The summed E-state index contributed by atoms with van der Waals surface area (Å²) in [6.07, 6.45) is 5.46. The first-order valence-corrected chi connectivity index (χ1v) is 11.3. The van der Waals surface area contributed by atoms with E-state index in [-0.39, 0.29) is 12.1 Å². The van der Waals surface area contributed by atoms with Crippen LogP contribution in [0, 0.1) is 0 Å². The summed E-state index contributed by atoms with van der Waals surface area (Å²) < 4.78 is 14.4. The van der Waals surface area contributed by atoms with Crippen molar-refractivity contribution in [3.05, 3.63) is 76.5 Å². The van der Waals surface area contributed by atoms with Crippen LogP contribution >= 0.6 is 11.3 Å². The monoisotopic (exact) mass is 447 g/mol. The van der Waals surface area contributed by atoms with Crippen LogP contribution in [0.1, 0.15) is 25.7 Å². The lowest BCUT2D eigenvalue weighted by atomic mass is 10.1. The Morgan fingerprint density at radius 1 is 1.16 bits per heavy atom. The Labute approximate surface area is 187 Å². The second-order valence-corrected chi connectivity index (χ2v) is 8.23. The molecule has 0 unspecified atom stereocenters. The maximum absolute atomic E-state index is 13.1. The fourth-order valence-electron chi connectivity index (χ4n) is 3.38. The Morgan fingerprint density at radius 3 is 2.91 bits per heavy atom. The van der Waals surface area contributed by atoms with Crippen LogP contribution in [0.15, 0.2) is 69.6 Å². The van der Waals surface area contributed by atoms with E-state index < -0.39 is 0 Å². The molecule has 0 aliphatic carbocycles. The molecular weight excluding hydrogens is 426 g/mol. The summed E-state index contributed by atoms with van der Waals surface area (Å²) in [4.78, 5) is 18.4. The lowest BCUT2D eigenvalue weighted by Gasteiger charge is -2.09. The quantitative estimate of drug-likeness (QED) is 0.326. The van der Waals surface area contributed by atoms with Crippen molar-refractivity contribution in [2.75, 3.05) is 6.61 Å². The lowest BCUT2D eigenvalue weighted by Crippen LogP contribution is -2.21. The van der Waals surface area contributed by atoms with Crippen LogP contribution in [-0.2, 0) is 6.54 Å². The summed E-state index contributed by atoms with van der Waals surface area (Å²) in [5.41, 5.74) is 1.82. The highest BCUT2D eigenvalue weighted by molar-refractivity contribution is 7.13. The van der Waals surface area contributed by atoms with E-state index in [0.717, 1.165) is 29.0 Å². The summed E-state index contributed by atoms with van der Waals surface area (Å²) in [6, 6.07) is 13.4. The Balaban J connectivity index is 1.44. The summed E-state index contributed by atoms with van der Waals surface area (Å²) in [7, 11) is 0. The maximum atomic E-state index is 13.1. The predicted octanol–water partition coefficient (Wildman–Crippen LogP) is 4.50. The maximum Gasteiger partial charge on any atom is 0.277 e. The molecule has 0 saturated carbocycles. The molecule has 5 rings (SSSR count). The van der Waals surface area contributed by atoms with Gasteiger partial charge in [0.25, 0.3) is 5.56 Å². The smallest absolute Gasteiger partial charge is 0.277 e. The van der Waals surface area contributed by atoms with Crippen molar-refractivity contribution in [1.29, 1.82) is 0 Å². The highest BCUT2D eigenvalue weighted by atomic mass is 32.1. The van der Waals surface area contributed by atoms with Crippen molar-refractivity contribution in [2.45, 2.75) is 26.3 Å². The van der Waals surface area contributed by atoms with Crippen LogP contribution in [0.2, 0.25) is 0 Å². The average molecular weight is 448 g/mol. The van der Waals surface area contributed by atoms with E-state index >= 15 is 0 Å². The number of para-hydroxylation sites is 1. The first-order chi connectivity index (χ1) is 15.7. The molecular formula is C23H21N5O3S. The number of benzene rings is 1. The van der Waals surface area contributed by atoms with Crippen LogP contribution in [0.3, 0.4) is 0 Å². The third kappa shape index (κ3) is 3.94. The van der Waals surface area contributed by atoms with Gasteiger partial charge in [0.1, 0.15) is 17.8 Å². The first-order valence-electron chi connectivity index (χ1n) is 10.4. The van der Waals surface area contributed by atoms with Gasteiger partial charge < -0.3 is 13.8 Å². The molecule has 4 heterocycles. The Morgan fingerprint density at radius 2 is 2.06 bits per heavy atom. The summed E-state index contributed by atoms with van der Waals surface area (Å²) >= 11 is 1.53. The van der Waals surface area contributed by atoms with Gasteiger partial charge in [0.2, 0.25) is 11.7 Å². The van der Waals surface area contributed by atoms with E-state index in [1.807, 2.05) is 41.8 Å². The van der Waals surface area contributed by atoms with Crippen molar-refractivity contribution in [3.8, 4) is 27.7 Å². The second kappa shape index (κ2) is 8.80. The molecule has 0 aliphatic heterocycles. The van der Waals surface area contributed by atoms with E-state index in [1.54, 1.807) is 23.0 Å². The molecule has 4 aromatic heterocycles. The molecule has 0 N–H and O–H groups in total. The molecule has 9 heteroatoms. The molecule has 0 aliphatic rings. The van der Waals surface area contributed by atoms with Crippen LogP contribution in [-0.4, -0.2) is 30.9 Å². The van der Waals surface area contributed by atoms with E-state index in [1.165, 1.54) is 15.9 Å². The molecule has 5 aromatic rings. The van der Waals surface area contributed by atoms with Gasteiger partial charge in [-0.25, -0.2) is 4.52 Å². The van der Waals surface area contributed by atoms with Crippen molar-refractivity contribution in [3.63, 3.8) is 0 Å². The summed E-state index contributed by atoms with van der Waals surface area (Å²) in [6.45, 7) is 2.95. The Hall–Kier alpha value is -3.72. The average Bonchev–Trinajstić information content (AvgIpc) is 3.57. The minimum atomic E-state index is -0.188. The molecule has 32 heavy (non-hydrogen) atoms.